The number of nitrogens with two attached hydrogens (primary N) is 1. The highest BCUT2D eigenvalue weighted by molar-refractivity contribution is 5.81. The van der Waals surface area contributed by atoms with E-state index < -0.39 is 6.04 Å². The van der Waals surface area contributed by atoms with Crippen molar-refractivity contribution in [3.8, 4) is 0 Å². The molecule has 5 heteroatoms. The molecular weight excluding hydrogens is 264 g/mol. The third kappa shape index (κ3) is 3.82. The molecule has 0 aliphatic rings. The number of carbonyl (C=O) groups is 1. The van der Waals surface area contributed by atoms with Crippen molar-refractivity contribution in [1.82, 2.24) is 14.9 Å². The fourth-order valence-corrected chi connectivity index (χ4v) is 2.46. The molecule has 0 fully saturated rings. The molecule has 0 bridgehead atoms. The molecule has 0 unspecified atom stereocenters. The SMILES string of the molecule is CCCC[C@H](N)C(=O)NCCn1c(C)nc2ccccc21. The molecular formula is C16H24N4O. The number of aryl methyl sites for hydroxylation is 1. The molecule has 2 aromatic rings. The first-order valence-electron chi connectivity index (χ1n) is 7.58. The summed E-state index contributed by atoms with van der Waals surface area (Å²) in [6.07, 6.45) is 2.79. The van der Waals surface area contributed by atoms with Crippen LogP contribution in [0.5, 0.6) is 0 Å². The lowest BCUT2D eigenvalue weighted by atomic mass is 10.1. The molecule has 1 heterocycles. The lowest BCUT2D eigenvalue weighted by Gasteiger charge is -2.13. The molecule has 114 valence electrons. The molecule has 0 saturated carbocycles. The molecule has 1 aromatic carbocycles. The number of unbranched alkanes of at least 4 members (excludes halogenated alkanes) is 1. The van der Waals surface area contributed by atoms with Crippen LogP contribution in [0.1, 0.15) is 32.0 Å². The Bertz CT molecular complexity index is 605. The standard InChI is InChI=1S/C16H24N4O/c1-3-4-7-13(17)16(21)18-10-11-20-12(2)19-14-8-5-6-9-15(14)20/h5-6,8-9,13H,3-4,7,10-11,17H2,1-2H3,(H,18,21)/t13-/m0/s1. The molecule has 1 atom stereocenters. The van der Waals surface area contributed by atoms with Gasteiger partial charge in [-0.25, -0.2) is 4.98 Å². The van der Waals surface area contributed by atoms with Crippen molar-refractivity contribution in [3.05, 3.63) is 30.1 Å². The molecule has 0 radical (unpaired) electrons. The van der Waals surface area contributed by atoms with Crippen LogP contribution in [-0.4, -0.2) is 28.0 Å². The summed E-state index contributed by atoms with van der Waals surface area (Å²) in [5.74, 6) is 0.895. The first-order valence-corrected chi connectivity index (χ1v) is 7.58. The average Bonchev–Trinajstić information content (AvgIpc) is 2.80. The van der Waals surface area contributed by atoms with Crippen LogP contribution in [0.4, 0.5) is 0 Å². The van der Waals surface area contributed by atoms with E-state index in [0.717, 1.165) is 36.1 Å². The molecule has 1 amide bonds. The zero-order valence-electron chi connectivity index (χ0n) is 12.8. The number of rotatable bonds is 7. The van der Waals surface area contributed by atoms with Gasteiger partial charge in [0.25, 0.3) is 0 Å². The molecule has 3 N–H and O–H groups in total. The monoisotopic (exact) mass is 288 g/mol. The van der Waals surface area contributed by atoms with Gasteiger partial charge in [0.1, 0.15) is 5.82 Å². The minimum absolute atomic E-state index is 0.0643. The number of fused-ring (bicyclic) bond motifs is 1. The number of hydrogen-bond donors (Lipinski definition) is 2. The Morgan fingerprint density at radius 2 is 2.19 bits per heavy atom. The number of benzene rings is 1. The van der Waals surface area contributed by atoms with E-state index in [4.69, 9.17) is 5.73 Å². The number of nitrogens with zero attached hydrogens (tertiary/aromatic N) is 2. The van der Waals surface area contributed by atoms with Gasteiger partial charge in [-0.05, 0) is 25.5 Å². The van der Waals surface area contributed by atoms with Gasteiger partial charge < -0.3 is 15.6 Å². The third-order valence-electron chi connectivity index (χ3n) is 3.69. The molecule has 0 aliphatic carbocycles. The second-order valence-electron chi connectivity index (χ2n) is 5.34. The van der Waals surface area contributed by atoms with E-state index in [0.29, 0.717) is 13.1 Å². The predicted molar refractivity (Wildman–Crippen MR) is 85.0 cm³/mol. The molecule has 1 aromatic heterocycles. The van der Waals surface area contributed by atoms with E-state index in [-0.39, 0.29) is 5.91 Å². The van der Waals surface area contributed by atoms with Gasteiger partial charge in [-0.1, -0.05) is 31.9 Å². The van der Waals surface area contributed by atoms with Crippen molar-refractivity contribution < 1.29 is 4.79 Å². The van der Waals surface area contributed by atoms with E-state index in [1.807, 2.05) is 31.2 Å². The van der Waals surface area contributed by atoms with Gasteiger partial charge in [0.2, 0.25) is 5.91 Å². The Hall–Kier alpha value is -1.88. The predicted octanol–water partition coefficient (Wildman–Crippen LogP) is 1.98. The zero-order valence-corrected chi connectivity index (χ0v) is 12.8. The van der Waals surface area contributed by atoms with Crippen molar-refractivity contribution in [2.45, 2.75) is 45.7 Å². The van der Waals surface area contributed by atoms with Gasteiger partial charge in [0.15, 0.2) is 0 Å². The largest absolute Gasteiger partial charge is 0.353 e. The van der Waals surface area contributed by atoms with Crippen LogP contribution >= 0.6 is 0 Å². The smallest absolute Gasteiger partial charge is 0.236 e. The van der Waals surface area contributed by atoms with E-state index >= 15 is 0 Å². The number of amides is 1. The van der Waals surface area contributed by atoms with Crippen LogP contribution in [0.3, 0.4) is 0 Å². The summed E-state index contributed by atoms with van der Waals surface area (Å²) in [7, 11) is 0. The summed E-state index contributed by atoms with van der Waals surface area (Å²) < 4.78 is 2.12. The Morgan fingerprint density at radius 1 is 1.43 bits per heavy atom. The topological polar surface area (TPSA) is 72.9 Å². The Balaban J connectivity index is 1.90. The number of aromatic nitrogens is 2. The first kappa shape index (κ1) is 15.5. The second kappa shape index (κ2) is 7.22. The number of hydrogen-bond acceptors (Lipinski definition) is 3. The Labute approximate surface area is 125 Å². The number of imidazole rings is 1. The minimum atomic E-state index is -0.398. The summed E-state index contributed by atoms with van der Waals surface area (Å²) in [6.45, 7) is 5.35. The number of para-hydroxylation sites is 2. The fourth-order valence-electron chi connectivity index (χ4n) is 2.46. The van der Waals surface area contributed by atoms with Crippen LogP contribution in [0, 0.1) is 6.92 Å². The van der Waals surface area contributed by atoms with Gasteiger partial charge >= 0.3 is 0 Å². The highest BCUT2D eigenvalue weighted by atomic mass is 16.2. The van der Waals surface area contributed by atoms with Crippen molar-refractivity contribution in [2.75, 3.05) is 6.54 Å². The van der Waals surface area contributed by atoms with Crippen LogP contribution in [0.2, 0.25) is 0 Å². The maximum Gasteiger partial charge on any atom is 0.236 e. The molecule has 5 nitrogen and oxygen atoms in total. The van der Waals surface area contributed by atoms with Crippen LogP contribution in [-0.2, 0) is 11.3 Å². The quantitative estimate of drug-likeness (QED) is 0.818. The van der Waals surface area contributed by atoms with Crippen LogP contribution < -0.4 is 11.1 Å². The van der Waals surface area contributed by atoms with E-state index in [9.17, 15) is 4.79 Å². The van der Waals surface area contributed by atoms with E-state index in [2.05, 4.69) is 21.8 Å². The molecule has 0 saturated heterocycles. The fraction of sp³-hybridized carbons (Fsp3) is 0.500. The van der Waals surface area contributed by atoms with E-state index in [1.54, 1.807) is 0 Å². The summed E-state index contributed by atoms with van der Waals surface area (Å²) in [6, 6.07) is 7.63. The Kier molecular flexibility index (Phi) is 5.33. The van der Waals surface area contributed by atoms with Gasteiger partial charge in [0, 0.05) is 13.1 Å². The molecule has 21 heavy (non-hydrogen) atoms. The molecule has 0 spiro atoms. The van der Waals surface area contributed by atoms with Crippen LogP contribution in [0.25, 0.3) is 11.0 Å². The maximum absolute atomic E-state index is 11.9. The lowest BCUT2D eigenvalue weighted by molar-refractivity contribution is -0.122. The summed E-state index contributed by atoms with van der Waals surface area (Å²) in [4.78, 5) is 16.4. The Morgan fingerprint density at radius 3 is 2.95 bits per heavy atom. The van der Waals surface area contributed by atoms with Crippen molar-refractivity contribution >= 4 is 16.9 Å². The third-order valence-corrected chi connectivity index (χ3v) is 3.69. The molecule has 2 rings (SSSR count). The van der Waals surface area contributed by atoms with Gasteiger partial charge in [-0.15, -0.1) is 0 Å². The first-order chi connectivity index (χ1) is 10.1. The normalized spacial score (nSPS) is 12.5. The van der Waals surface area contributed by atoms with Gasteiger partial charge in [0.05, 0.1) is 17.1 Å². The van der Waals surface area contributed by atoms with E-state index in [1.165, 1.54) is 0 Å². The van der Waals surface area contributed by atoms with Gasteiger partial charge in [-0.3, -0.25) is 4.79 Å². The highest BCUT2D eigenvalue weighted by Crippen LogP contribution is 2.14. The minimum Gasteiger partial charge on any atom is -0.353 e. The van der Waals surface area contributed by atoms with Crippen LogP contribution in [0.15, 0.2) is 24.3 Å². The van der Waals surface area contributed by atoms with Crippen molar-refractivity contribution in [1.29, 1.82) is 0 Å². The van der Waals surface area contributed by atoms with Crippen molar-refractivity contribution in [3.63, 3.8) is 0 Å². The van der Waals surface area contributed by atoms with Crippen molar-refractivity contribution in [2.24, 2.45) is 5.73 Å². The average molecular weight is 288 g/mol. The highest BCUT2D eigenvalue weighted by Gasteiger charge is 2.12. The summed E-state index contributed by atoms with van der Waals surface area (Å²) >= 11 is 0. The zero-order chi connectivity index (χ0) is 15.2. The number of nitrogens with one attached hydrogen (secondary N) is 1. The molecule has 0 aliphatic heterocycles. The summed E-state index contributed by atoms with van der Waals surface area (Å²) in [5.41, 5.74) is 7.94. The lowest BCUT2D eigenvalue weighted by Crippen LogP contribution is -2.41. The van der Waals surface area contributed by atoms with Gasteiger partial charge in [-0.2, -0.15) is 0 Å². The maximum atomic E-state index is 11.9. The number of carbonyl (C=O) groups excluding carboxylic acids is 1. The second-order valence-corrected chi connectivity index (χ2v) is 5.34. The summed E-state index contributed by atoms with van der Waals surface area (Å²) in [5, 5.41) is 2.91.